The molecule has 0 amide bonds. The third kappa shape index (κ3) is 5.31. The Hall–Kier alpha value is -0.770. The molecule has 0 bridgehead atoms. The number of carbonyl (C=O) groups excluding carboxylic acids is 1. The number of aliphatic hydroxyl groups is 1. The first-order chi connectivity index (χ1) is 9.10. The van der Waals surface area contributed by atoms with Crippen molar-refractivity contribution in [3.63, 3.8) is 0 Å². The Morgan fingerprint density at radius 1 is 1.30 bits per heavy atom. The Bertz CT molecular complexity index is 478. The summed E-state index contributed by atoms with van der Waals surface area (Å²) in [6, 6.07) is 5.16. The fourth-order valence-corrected chi connectivity index (χ4v) is 2.07. The molecule has 0 aromatic heterocycles. The van der Waals surface area contributed by atoms with Crippen LogP contribution in [0.1, 0.15) is 33.3 Å². The minimum atomic E-state index is -0.806. The molecule has 0 radical (unpaired) electrons. The predicted molar refractivity (Wildman–Crippen MR) is 81.2 cm³/mol. The fraction of sp³-hybridized carbons (Fsp3) is 0.533. The van der Waals surface area contributed by atoms with Crippen molar-refractivity contribution in [2.45, 2.75) is 45.8 Å². The van der Waals surface area contributed by atoms with Crippen molar-refractivity contribution in [1.82, 2.24) is 0 Å². The highest BCUT2D eigenvalue weighted by atomic mass is 35.5. The molecule has 0 spiro atoms. The average Bonchev–Trinajstić information content (AvgIpc) is 2.27. The first kappa shape index (κ1) is 17.3. The molecule has 0 aliphatic carbocycles. The zero-order valence-electron chi connectivity index (χ0n) is 12.1. The van der Waals surface area contributed by atoms with E-state index in [0.717, 1.165) is 5.56 Å². The van der Waals surface area contributed by atoms with Crippen LogP contribution in [-0.2, 0) is 16.0 Å². The third-order valence-corrected chi connectivity index (χ3v) is 3.47. The van der Waals surface area contributed by atoms with Crippen LogP contribution in [0, 0.1) is 5.92 Å². The van der Waals surface area contributed by atoms with E-state index in [4.69, 9.17) is 27.9 Å². The molecule has 1 aromatic carbocycles. The lowest BCUT2D eigenvalue weighted by Crippen LogP contribution is -2.35. The van der Waals surface area contributed by atoms with Gasteiger partial charge in [0.25, 0.3) is 0 Å². The van der Waals surface area contributed by atoms with Gasteiger partial charge >= 0.3 is 5.97 Å². The monoisotopic (exact) mass is 318 g/mol. The van der Waals surface area contributed by atoms with Gasteiger partial charge in [0.05, 0.1) is 22.1 Å². The van der Waals surface area contributed by atoms with Gasteiger partial charge < -0.3 is 9.84 Å². The highest BCUT2D eigenvalue weighted by Gasteiger charge is 2.29. The fourth-order valence-electron chi connectivity index (χ4n) is 1.75. The van der Waals surface area contributed by atoms with Gasteiger partial charge in [-0.2, -0.15) is 0 Å². The molecule has 2 unspecified atom stereocenters. The maximum absolute atomic E-state index is 12.1. The van der Waals surface area contributed by atoms with E-state index in [1.807, 2.05) is 0 Å². The van der Waals surface area contributed by atoms with E-state index in [1.54, 1.807) is 45.9 Å². The van der Waals surface area contributed by atoms with Gasteiger partial charge in [0.2, 0.25) is 0 Å². The van der Waals surface area contributed by atoms with Crippen LogP contribution in [0.4, 0.5) is 0 Å². The summed E-state index contributed by atoms with van der Waals surface area (Å²) in [7, 11) is 0. The quantitative estimate of drug-likeness (QED) is 0.857. The summed E-state index contributed by atoms with van der Waals surface area (Å²) in [5.74, 6) is -1.05. The number of benzene rings is 1. The lowest BCUT2D eigenvalue weighted by atomic mass is 9.94. The molecular weight excluding hydrogens is 299 g/mol. The van der Waals surface area contributed by atoms with Gasteiger partial charge in [-0.3, -0.25) is 4.79 Å². The molecule has 20 heavy (non-hydrogen) atoms. The molecule has 0 saturated carbocycles. The minimum absolute atomic E-state index is 0.351. The summed E-state index contributed by atoms with van der Waals surface area (Å²) in [5, 5.41) is 10.7. The smallest absolute Gasteiger partial charge is 0.312 e. The molecule has 3 nitrogen and oxygen atoms in total. The summed E-state index contributed by atoms with van der Waals surface area (Å²) in [5.41, 5.74) is 0.248. The number of esters is 1. The third-order valence-electron chi connectivity index (χ3n) is 2.73. The van der Waals surface area contributed by atoms with Gasteiger partial charge in [-0.15, -0.1) is 0 Å². The topological polar surface area (TPSA) is 46.5 Å². The minimum Gasteiger partial charge on any atom is -0.460 e. The van der Waals surface area contributed by atoms with E-state index < -0.39 is 23.6 Å². The zero-order valence-corrected chi connectivity index (χ0v) is 13.6. The summed E-state index contributed by atoms with van der Waals surface area (Å²) >= 11 is 11.8. The van der Waals surface area contributed by atoms with Crippen molar-refractivity contribution in [3.8, 4) is 0 Å². The first-order valence-electron chi connectivity index (χ1n) is 6.45. The molecule has 5 heteroatoms. The molecule has 1 aromatic rings. The molecule has 0 saturated heterocycles. The molecule has 2 atom stereocenters. The molecule has 0 fully saturated rings. The van der Waals surface area contributed by atoms with Gasteiger partial charge in [0.1, 0.15) is 5.60 Å². The molecule has 0 aliphatic rings. The van der Waals surface area contributed by atoms with Crippen molar-refractivity contribution < 1.29 is 14.6 Å². The van der Waals surface area contributed by atoms with Crippen LogP contribution in [-0.4, -0.2) is 22.8 Å². The lowest BCUT2D eigenvalue weighted by molar-refractivity contribution is -0.163. The van der Waals surface area contributed by atoms with Gasteiger partial charge in [0.15, 0.2) is 0 Å². The highest BCUT2D eigenvalue weighted by molar-refractivity contribution is 6.42. The average molecular weight is 319 g/mol. The van der Waals surface area contributed by atoms with Gasteiger partial charge in [-0.25, -0.2) is 0 Å². The van der Waals surface area contributed by atoms with E-state index in [2.05, 4.69) is 0 Å². The highest BCUT2D eigenvalue weighted by Crippen LogP contribution is 2.25. The van der Waals surface area contributed by atoms with Gasteiger partial charge in [-0.05, 0) is 51.8 Å². The Kier molecular flexibility index (Phi) is 5.87. The first-order valence-corrected chi connectivity index (χ1v) is 7.20. The second kappa shape index (κ2) is 6.79. The Morgan fingerprint density at radius 2 is 1.90 bits per heavy atom. The standard InChI is InChI=1S/C15H20Cl2O3/c1-9(18)11(14(19)20-15(2,3)4)7-10-5-6-12(16)13(17)8-10/h5-6,8-9,11,18H,7H2,1-4H3. The van der Waals surface area contributed by atoms with Crippen LogP contribution in [0.15, 0.2) is 18.2 Å². The second-order valence-corrected chi connectivity index (χ2v) is 6.65. The van der Waals surface area contributed by atoms with E-state index in [1.165, 1.54) is 0 Å². The molecule has 1 rings (SSSR count). The molecule has 0 aliphatic heterocycles. The zero-order chi connectivity index (χ0) is 15.5. The van der Waals surface area contributed by atoms with E-state index in [9.17, 15) is 9.90 Å². The summed E-state index contributed by atoms with van der Waals surface area (Å²) < 4.78 is 5.33. The number of hydrogen-bond donors (Lipinski definition) is 1. The number of ether oxygens (including phenoxy) is 1. The lowest BCUT2D eigenvalue weighted by Gasteiger charge is -2.25. The number of halogens is 2. The van der Waals surface area contributed by atoms with Crippen LogP contribution < -0.4 is 0 Å². The second-order valence-electron chi connectivity index (χ2n) is 5.83. The summed E-state index contributed by atoms with van der Waals surface area (Å²) in [6.07, 6.45) is -0.456. The Labute approximate surface area is 129 Å². The van der Waals surface area contributed by atoms with Crippen LogP contribution in [0.2, 0.25) is 10.0 Å². The van der Waals surface area contributed by atoms with Crippen molar-refractivity contribution in [1.29, 1.82) is 0 Å². The number of carbonyl (C=O) groups is 1. The maximum Gasteiger partial charge on any atom is 0.312 e. The summed E-state index contributed by atoms with van der Waals surface area (Å²) in [4.78, 5) is 12.1. The largest absolute Gasteiger partial charge is 0.460 e. The van der Waals surface area contributed by atoms with Crippen molar-refractivity contribution in [2.75, 3.05) is 0 Å². The molecule has 112 valence electrons. The van der Waals surface area contributed by atoms with Crippen molar-refractivity contribution in [2.24, 2.45) is 5.92 Å². The Balaban J connectivity index is 2.87. The van der Waals surface area contributed by atoms with Gasteiger partial charge in [-0.1, -0.05) is 29.3 Å². The number of hydrogen-bond acceptors (Lipinski definition) is 3. The molecular formula is C15H20Cl2O3. The van der Waals surface area contributed by atoms with Crippen LogP contribution in [0.25, 0.3) is 0 Å². The molecule has 1 N–H and O–H groups in total. The van der Waals surface area contributed by atoms with Crippen molar-refractivity contribution >= 4 is 29.2 Å². The normalized spacial score (nSPS) is 14.8. The number of rotatable bonds is 4. The van der Waals surface area contributed by atoms with Crippen LogP contribution >= 0.6 is 23.2 Å². The molecule has 0 heterocycles. The van der Waals surface area contributed by atoms with Gasteiger partial charge in [0, 0.05) is 0 Å². The SMILES string of the molecule is CC(O)C(Cc1ccc(Cl)c(Cl)c1)C(=O)OC(C)(C)C. The summed E-state index contributed by atoms with van der Waals surface area (Å²) in [6.45, 7) is 6.96. The van der Waals surface area contributed by atoms with Crippen LogP contribution in [0.3, 0.4) is 0 Å². The van der Waals surface area contributed by atoms with E-state index in [-0.39, 0.29) is 0 Å². The number of aliphatic hydroxyl groups excluding tert-OH is 1. The predicted octanol–water partition coefficient (Wildman–Crippen LogP) is 3.87. The Morgan fingerprint density at radius 3 is 2.35 bits per heavy atom. The van der Waals surface area contributed by atoms with Crippen LogP contribution in [0.5, 0.6) is 0 Å². The van der Waals surface area contributed by atoms with E-state index in [0.29, 0.717) is 16.5 Å². The van der Waals surface area contributed by atoms with Crippen molar-refractivity contribution in [3.05, 3.63) is 33.8 Å². The maximum atomic E-state index is 12.1. The van der Waals surface area contributed by atoms with E-state index >= 15 is 0 Å².